The first kappa shape index (κ1) is 18.6. The lowest BCUT2D eigenvalue weighted by Crippen LogP contribution is -2.11. The summed E-state index contributed by atoms with van der Waals surface area (Å²) in [4.78, 5) is 4.47. The standard InChI is InChI=1S/C17H12F3N5OS2/c18-17(19,20)11-5-3-10(4-6-11)15-22-12(8-27-15)9-28-16-24-23-14(25(16)21)13-2-1-7-26-13/h1-8H,9,21H2. The molecule has 4 rings (SSSR count). The number of hydrogen-bond donors (Lipinski definition) is 1. The van der Waals surface area contributed by atoms with Gasteiger partial charge in [-0.15, -0.1) is 21.5 Å². The van der Waals surface area contributed by atoms with Gasteiger partial charge in [0.1, 0.15) is 5.01 Å². The number of nitrogens with zero attached hydrogens (tertiary/aromatic N) is 4. The molecule has 0 saturated carbocycles. The summed E-state index contributed by atoms with van der Waals surface area (Å²) >= 11 is 2.71. The zero-order valence-corrected chi connectivity index (χ0v) is 15.7. The smallest absolute Gasteiger partial charge is 0.416 e. The van der Waals surface area contributed by atoms with E-state index in [-0.39, 0.29) is 0 Å². The van der Waals surface area contributed by atoms with Crippen molar-refractivity contribution in [1.82, 2.24) is 19.9 Å². The van der Waals surface area contributed by atoms with Crippen molar-refractivity contribution in [3.8, 4) is 22.2 Å². The molecule has 3 aromatic heterocycles. The summed E-state index contributed by atoms with van der Waals surface area (Å²) in [5, 5.41) is 11.1. The summed E-state index contributed by atoms with van der Waals surface area (Å²) in [7, 11) is 0. The molecule has 28 heavy (non-hydrogen) atoms. The lowest BCUT2D eigenvalue weighted by atomic mass is 10.1. The van der Waals surface area contributed by atoms with Gasteiger partial charge in [-0.1, -0.05) is 23.9 Å². The van der Waals surface area contributed by atoms with E-state index >= 15 is 0 Å². The minimum Gasteiger partial charge on any atom is -0.461 e. The highest BCUT2D eigenvalue weighted by Crippen LogP contribution is 2.32. The van der Waals surface area contributed by atoms with Crippen LogP contribution in [-0.2, 0) is 11.9 Å². The molecule has 0 spiro atoms. The zero-order valence-electron chi connectivity index (χ0n) is 14.1. The predicted molar refractivity (Wildman–Crippen MR) is 100.0 cm³/mol. The van der Waals surface area contributed by atoms with Gasteiger partial charge in [-0.2, -0.15) is 13.2 Å². The van der Waals surface area contributed by atoms with Crippen LogP contribution in [0.2, 0.25) is 0 Å². The second-order valence-corrected chi connectivity index (χ2v) is 7.46. The molecule has 0 unspecified atom stereocenters. The molecule has 3 heterocycles. The van der Waals surface area contributed by atoms with E-state index in [9.17, 15) is 13.2 Å². The van der Waals surface area contributed by atoms with Gasteiger partial charge in [-0.3, -0.25) is 0 Å². The number of thiazole rings is 1. The number of nitrogen functional groups attached to an aromatic ring is 1. The van der Waals surface area contributed by atoms with Crippen LogP contribution in [0.25, 0.3) is 22.2 Å². The fourth-order valence-electron chi connectivity index (χ4n) is 2.40. The van der Waals surface area contributed by atoms with Gasteiger partial charge in [0.15, 0.2) is 5.76 Å². The molecule has 6 nitrogen and oxygen atoms in total. The highest BCUT2D eigenvalue weighted by molar-refractivity contribution is 7.98. The summed E-state index contributed by atoms with van der Waals surface area (Å²) in [6.07, 6.45) is -2.83. The van der Waals surface area contributed by atoms with Gasteiger partial charge in [0.2, 0.25) is 11.0 Å². The second-order valence-electron chi connectivity index (χ2n) is 5.66. The van der Waals surface area contributed by atoms with Crippen LogP contribution in [0.3, 0.4) is 0 Å². The van der Waals surface area contributed by atoms with Crippen LogP contribution >= 0.6 is 23.1 Å². The molecule has 144 valence electrons. The third-order valence-electron chi connectivity index (χ3n) is 3.77. The van der Waals surface area contributed by atoms with Crippen LogP contribution in [-0.4, -0.2) is 19.9 Å². The Balaban J connectivity index is 1.44. The van der Waals surface area contributed by atoms with Crippen LogP contribution in [0.15, 0.2) is 57.6 Å². The molecule has 0 bridgehead atoms. The molecule has 0 aliphatic rings. The number of furan rings is 1. The first-order valence-corrected chi connectivity index (χ1v) is 9.77. The van der Waals surface area contributed by atoms with Crippen LogP contribution in [0.5, 0.6) is 0 Å². The molecule has 0 aliphatic carbocycles. The van der Waals surface area contributed by atoms with E-state index in [4.69, 9.17) is 10.3 Å². The summed E-state index contributed by atoms with van der Waals surface area (Å²) in [6, 6.07) is 8.42. The Morgan fingerprint density at radius 1 is 1.14 bits per heavy atom. The minimum atomic E-state index is -4.35. The maximum Gasteiger partial charge on any atom is 0.416 e. The van der Waals surface area contributed by atoms with Crippen molar-refractivity contribution < 1.29 is 17.6 Å². The zero-order chi connectivity index (χ0) is 19.7. The molecule has 0 amide bonds. The van der Waals surface area contributed by atoms with E-state index in [1.807, 2.05) is 5.38 Å². The second kappa shape index (κ2) is 7.32. The Bertz CT molecular complexity index is 1070. The topological polar surface area (TPSA) is 82.8 Å². The first-order chi connectivity index (χ1) is 13.4. The molecule has 0 radical (unpaired) electrons. The molecular formula is C17H12F3N5OS2. The quantitative estimate of drug-likeness (QED) is 0.371. The highest BCUT2D eigenvalue weighted by Gasteiger charge is 2.30. The molecule has 0 saturated heterocycles. The summed E-state index contributed by atoms with van der Waals surface area (Å²) < 4.78 is 44.6. The Morgan fingerprint density at radius 2 is 1.93 bits per heavy atom. The number of rotatable bonds is 5. The molecule has 4 aromatic rings. The van der Waals surface area contributed by atoms with Crippen LogP contribution in [0.4, 0.5) is 13.2 Å². The van der Waals surface area contributed by atoms with Crippen molar-refractivity contribution in [3.63, 3.8) is 0 Å². The maximum atomic E-state index is 12.7. The van der Waals surface area contributed by atoms with Gasteiger partial charge in [-0.05, 0) is 24.3 Å². The number of nitrogens with two attached hydrogens (primary N) is 1. The Kier molecular flexibility index (Phi) is 4.85. The van der Waals surface area contributed by atoms with E-state index in [1.54, 1.807) is 12.1 Å². The number of halogens is 3. The number of hydrogen-bond acceptors (Lipinski definition) is 7. The Hall–Kier alpha value is -2.79. The lowest BCUT2D eigenvalue weighted by Gasteiger charge is -2.06. The minimum absolute atomic E-state index is 0.413. The van der Waals surface area contributed by atoms with Crippen molar-refractivity contribution >= 4 is 23.1 Å². The van der Waals surface area contributed by atoms with Crippen molar-refractivity contribution in [3.05, 3.63) is 59.3 Å². The maximum absolute atomic E-state index is 12.7. The number of thioether (sulfide) groups is 1. The summed E-state index contributed by atoms with van der Waals surface area (Å²) in [6.45, 7) is 0. The first-order valence-electron chi connectivity index (χ1n) is 7.91. The van der Waals surface area contributed by atoms with E-state index in [1.165, 1.54) is 46.2 Å². The fraction of sp³-hybridized carbons (Fsp3) is 0.118. The molecule has 0 fully saturated rings. The van der Waals surface area contributed by atoms with E-state index in [0.29, 0.717) is 33.1 Å². The SMILES string of the molecule is Nn1c(SCc2csc(-c3ccc(C(F)(F)F)cc3)n2)nnc1-c1ccco1. The van der Waals surface area contributed by atoms with Gasteiger partial charge >= 0.3 is 6.18 Å². The third kappa shape index (κ3) is 3.76. The number of benzene rings is 1. The molecule has 0 atom stereocenters. The normalized spacial score (nSPS) is 11.8. The van der Waals surface area contributed by atoms with Crippen LogP contribution in [0, 0.1) is 0 Å². The highest BCUT2D eigenvalue weighted by atomic mass is 32.2. The average Bonchev–Trinajstić information content (AvgIpc) is 3.41. The fourth-order valence-corrected chi connectivity index (χ4v) is 4.08. The van der Waals surface area contributed by atoms with Crippen LogP contribution in [0.1, 0.15) is 11.3 Å². The average molecular weight is 423 g/mol. The third-order valence-corrected chi connectivity index (χ3v) is 5.68. The monoisotopic (exact) mass is 423 g/mol. The lowest BCUT2D eigenvalue weighted by molar-refractivity contribution is -0.137. The Morgan fingerprint density at radius 3 is 2.61 bits per heavy atom. The van der Waals surface area contributed by atoms with Gasteiger partial charge < -0.3 is 10.3 Å². The largest absolute Gasteiger partial charge is 0.461 e. The van der Waals surface area contributed by atoms with E-state index < -0.39 is 11.7 Å². The number of alkyl halides is 3. The van der Waals surface area contributed by atoms with E-state index in [0.717, 1.165) is 17.8 Å². The summed E-state index contributed by atoms with van der Waals surface area (Å²) in [5.74, 6) is 7.42. The Labute approximate surface area is 165 Å². The predicted octanol–water partition coefficient (Wildman–Crippen LogP) is 4.69. The molecule has 0 aliphatic heterocycles. The van der Waals surface area contributed by atoms with Crippen LogP contribution < -0.4 is 5.84 Å². The molecule has 11 heteroatoms. The van der Waals surface area contributed by atoms with Crippen molar-refractivity contribution in [2.45, 2.75) is 17.1 Å². The molecular weight excluding hydrogens is 411 g/mol. The molecule has 1 aromatic carbocycles. The van der Waals surface area contributed by atoms with E-state index in [2.05, 4.69) is 15.2 Å². The van der Waals surface area contributed by atoms with Gasteiger partial charge in [-0.25, -0.2) is 9.66 Å². The van der Waals surface area contributed by atoms with Crippen molar-refractivity contribution in [2.24, 2.45) is 0 Å². The van der Waals surface area contributed by atoms with Gasteiger partial charge in [0.05, 0.1) is 17.5 Å². The van der Waals surface area contributed by atoms with Gasteiger partial charge in [0.25, 0.3) is 0 Å². The van der Waals surface area contributed by atoms with Gasteiger partial charge in [0, 0.05) is 16.7 Å². The van der Waals surface area contributed by atoms with Crippen molar-refractivity contribution in [2.75, 3.05) is 5.84 Å². The van der Waals surface area contributed by atoms with Crippen molar-refractivity contribution in [1.29, 1.82) is 0 Å². The number of aromatic nitrogens is 4. The molecule has 2 N–H and O–H groups in total. The summed E-state index contributed by atoms with van der Waals surface area (Å²) in [5.41, 5.74) is 0.724.